The van der Waals surface area contributed by atoms with Crippen LogP contribution in [-0.2, 0) is 11.2 Å². The largest absolute Gasteiger partial charge is 0.447 e. The molecule has 166 valence electrons. The van der Waals surface area contributed by atoms with Crippen LogP contribution < -0.4 is 10.6 Å². The van der Waals surface area contributed by atoms with Gasteiger partial charge < -0.3 is 20.5 Å². The van der Waals surface area contributed by atoms with Crippen molar-refractivity contribution in [2.24, 2.45) is 5.92 Å². The highest BCUT2D eigenvalue weighted by Gasteiger charge is 2.10. The Morgan fingerprint density at radius 3 is 2.38 bits per heavy atom. The summed E-state index contributed by atoms with van der Waals surface area (Å²) in [4.78, 5) is 11.4. The van der Waals surface area contributed by atoms with Crippen LogP contribution in [0.15, 0.2) is 30.3 Å². The van der Waals surface area contributed by atoms with Crippen molar-refractivity contribution < 1.29 is 14.6 Å². The van der Waals surface area contributed by atoms with Crippen molar-refractivity contribution in [2.45, 2.75) is 71.1 Å². The first kappa shape index (κ1) is 25.4. The molecule has 0 fully saturated rings. The van der Waals surface area contributed by atoms with E-state index in [1.54, 1.807) is 0 Å². The smallest absolute Gasteiger partial charge is 0.407 e. The van der Waals surface area contributed by atoms with E-state index in [-0.39, 0.29) is 13.2 Å². The quantitative estimate of drug-likeness (QED) is 0.310. The topological polar surface area (TPSA) is 70.6 Å². The van der Waals surface area contributed by atoms with Crippen LogP contribution >= 0.6 is 0 Å². The van der Waals surface area contributed by atoms with Gasteiger partial charge in [0.05, 0.1) is 6.61 Å². The fourth-order valence-corrected chi connectivity index (χ4v) is 3.54. The van der Waals surface area contributed by atoms with Gasteiger partial charge in [-0.15, -0.1) is 0 Å². The van der Waals surface area contributed by atoms with Crippen LogP contribution in [0.4, 0.5) is 4.79 Å². The molecular weight excluding hydrogens is 364 g/mol. The van der Waals surface area contributed by atoms with E-state index in [9.17, 15) is 4.79 Å². The lowest BCUT2D eigenvalue weighted by Crippen LogP contribution is -2.34. The van der Waals surface area contributed by atoms with Gasteiger partial charge in [-0.25, -0.2) is 4.79 Å². The maximum Gasteiger partial charge on any atom is 0.407 e. The van der Waals surface area contributed by atoms with Crippen LogP contribution in [0.1, 0.15) is 70.3 Å². The summed E-state index contributed by atoms with van der Waals surface area (Å²) in [6, 6.07) is 10.7. The van der Waals surface area contributed by atoms with Crippen molar-refractivity contribution in [1.29, 1.82) is 0 Å². The Labute approximate surface area is 177 Å². The van der Waals surface area contributed by atoms with Crippen LogP contribution in [-0.4, -0.2) is 44.0 Å². The number of aliphatic hydroxyl groups excluding tert-OH is 1. The van der Waals surface area contributed by atoms with Crippen LogP contribution in [0.2, 0.25) is 0 Å². The lowest BCUT2D eigenvalue weighted by molar-refractivity contribution is 0.119. The van der Waals surface area contributed by atoms with Gasteiger partial charge >= 0.3 is 6.09 Å². The Morgan fingerprint density at radius 1 is 1.00 bits per heavy atom. The first-order valence-electron chi connectivity index (χ1n) is 11.5. The van der Waals surface area contributed by atoms with Gasteiger partial charge in [0.1, 0.15) is 6.61 Å². The molecule has 1 aromatic carbocycles. The number of hydrogen-bond donors (Lipinski definition) is 3. The SMILES string of the molecule is CCCCCCCCCCC(CNCCNC(=O)OCCO)Cc1ccccc1. The van der Waals surface area contributed by atoms with Gasteiger partial charge in [0.2, 0.25) is 0 Å². The molecule has 0 saturated heterocycles. The molecule has 0 aliphatic carbocycles. The molecule has 3 N–H and O–H groups in total. The molecule has 0 aliphatic heterocycles. The van der Waals surface area contributed by atoms with Crippen molar-refractivity contribution in [3.05, 3.63) is 35.9 Å². The van der Waals surface area contributed by atoms with E-state index in [4.69, 9.17) is 9.84 Å². The molecule has 1 atom stereocenters. The summed E-state index contributed by atoms with van der Waals surface area (Å²) in [7, 11) is 0. The number of carbonyl (C=O) groups excluding carboxylic acids is 1. The third-order valence-electron chi connectivity index (χ3n) is 5.16. The predicted molar refractivity (Wildman–Crippen MR) is 120 cm³/mol. The molecule has 0 aromatic heterocycles. The fourth-order valence-electron chi connectivity index (χ4n) is 3.54. The molecular formula is C24H42N2O3. The molecule has 1 unspecified atom stereocenters. The Bertz CT molecular complexity index is 496. The maximum atomic E-state index is 11.4. The summed E-state index contributed by atoms with van der Waals surface area (Å²) in [6.45, 7) is 4.36. The summed E-state index contributed by atoms with van der Waals surface area (Å²) < 4.78 is 4.78. The van der Waals surface area contributed by atoms with E-state index in [0.29, 0.717) is 12.5 Å². The lowest BCUT2D eigenvalue weighted by Gasteiger charge is -2.18. The highest BCUT2D eigenvalue weighted by Crippen LogP contribution is 2.17. The first-order valence-corrected chi connectivity index (χ1v) is 11.5. The number of ether oxygens (including phenoxy) is 1. The van der Waals surface area contributed by atoms with Gasteiger partial charge in [-0.1, -0.05) is 88.6 Å². The van der Waals surface area contributed by atoms with Crippen LogP contribution in [0.5, 0.6) is 0 Å². The second kappa shape index (κ2) is 18.4. The number of amides is 1. The van der Waals surface area contributed by atoms with Gasteiger partial charge in [0.15, 0.2) is 0 Å². The number of hydrogen-bond acceptors (Lipinski definition) is 4. The van der Waals surface area contributed by atoms with Gasteiger partial charge in [-0.05, 0) is 30.9 Å². The molecule has 1 aromatic rings. The Balaban J connectivity index is 2.22. The maximum absolute atomic E-state index is 11.4. The zero-order chi connectivity index (χ0) is 21.0. The minimum Gasteiger partial charge on any atom is -0.447 e. The van der Waals surface area contributed by atoms with E-state index in [1.807, 2.05) is 0 Å². The van der Waals surface area contributed by atoms with Gasteiger partial charge in [0, 0.05) is 13.1 Å². The normalized spacial score (nSPS) is 11.9. The molecule has 1 rings (SSSR count). The number of benzene rings is 1. The van der Waals surface area contributed by atoms with Crippen molar-refractivity contribution >= 4 is 6.09 Å². The Hall–Kier alpha value is -1.59. The Kier molecular flexibility index (Phi) is 16.2. The zero-order valence-corrected chi connectivity index (χ0v) is 18.3. The van der Waals surface area contributed by atoms with E-state index in [0.717, 1.165) is 19.5 Å². The van der Waals surface area contributed by atoms with E-state index < -0.39 is 6.09 Å². The average molecular weight is 407 g/mol. The zero-order valence-electron chi connectivity index (χ0n) is 18.3. The number of rotatable bonds is 18. The molecule has 0 heterocycles. The summed E-state index contributed by atoms with van der Waals surface area (Å²) in [5, 5.41) is 14.8. The van der Waals surface area contributed by atoms with Crippen molar-refractivity contribution in [2.75, 3.05) is 32.8 Å². The van der Waals surface area contributed by atoms with E-state index >= 15 is 0 Å². The molecule has 0 radical (unpaired) electrons. The number of nitrogens with one attached hydrogen (secondary N) is 2. The predicted octanol–water partition coefficient (Wildman–Crippen LogP) is 4.68. The molecule has 0 bridgehead atoms. The summed E-state index contributed by atoms with van der Waals surface area (Å²) >= 11 is 0. The Morgan fingerprint density at radius 2 is 1.69 bits per heavy atom. The van der Waals surface area contributed by atoms with E-state index in [2.05, 4.69) is 47.9 Å². The molecule has 1 amide bonds. The van der Waals surface area contributed by atoms with Crippen molar-refractivity contribution in [3.63, 3.8) is 0 Å². The standard InChI is InChI=1S/C24H42N2O3/c1-2-3-4-5-6-7-8-10-15-23(20-22-13-11-9-12-14-22)21-25-16-17-26-24(28)29-19-18-27/h9,11-14,23,25,27H,2-8,10,15-21H2,1H3,(H,26,28). The third kappa shape index (κ3) is 15.0. The van der Waals surface area contributed by atoms with E-state index in [1.165, 1.54) is 63.4 Å². The van der Waals surface area contributed by atoms with Crippen LogP contribution in [0.25, 0.3) is 0 Å². The molecule has 29 heavy (non-hydrogen) atoms. The molecule has 0 saturated carbocycles. The van der Waals surface area contributed by atoms with Gasteiger partial charge in [-0.2, -0.15) is 0 Å². The van der Waals surface area contributed by atoms with Crippen molar-refractivity contribution in [3.8, 4) is 0 Å². The molecule has 0 spiro atoms. The monoisotopic (exact) mass is 406 g/mol. The number of carbonyl (C=O) groups is 1. The fraction of sp³-hybridized carbons (Fsp3) is 0.708. The summed E-state index contributed by atoms with van der Waals surface area (Å²) in [5.74, 6) is 0.610. The third-order valence-corrected chi connectivity index (χ3v) is 5.16. The highest BCUT2D eigenvalue weighted by molar-refractivity contribution is 5.67. The number of aliphatic hydroxyl groups is 1. The lowest BCUT2D eigenvalue weighted by atomic mass is 9.93. The first-order chi connectivity index (χ1) is 14.3. The van der Waals surface area contributed by atoms with Gasteiger partial charge in [0.25, 0.3) is 0 Å². The number of unbranched alkanes of at least 4 members (excludes halogenated alkanes) is 7. The minimum absolute atomic E-state index is 0.0387. The average Bonchev–Trinajstić information content (AvgIpc) is 2.74. The molecule has 0 aliphatic rings. The minimum atomic E-state index is -0.472. The molecule has 5 heteroatoms. The van der Waals surface area contributed by atoms with Gasteiger partial charge in [-0.3, -0.25) is 0 Å². The summed E-state index contributed by atoms with van der Waals surface area (Å²) in [5.41, 5.74) is 1.39. The highest BCUT2D eigenvalue weighted by atomic mass is 16.6. The second-order valence-corrected chi connectivity index (χ2v) is 7.81. The molecule has 5 nitrogen and oxygen atoms in total. The number of alkyl carbamates (subject to hydrolysis) is 1. The van der Waals surface area contributed by atoms with Crippen molar-refractivity contribution in [1.82, 2.24) is 10.6 Å². The second-order valence-electron chi connectivity index (χ2n) is 7.81. The summed E-state index contributed by atoms with van der Waals surface area (Å²) in [6.07, 6.45) is 12.7. The van der Waals surface area contributed by atoms with Crippen LogP contribution in [0, 0.1) is 5.92 Å². The van der Waals surface area contributed by atoms with Crippen LogP contribution in [0.3, 0.4) is 0 Å².